The number of benzene rings is 1. The quantitative estimate of drug-likeness (QED) is 0.809. The van der Waals surface area contributed by atoms with E-state index in [0.29, 0.717) is 12.5 Å². The molecule has 2 rings (SSSR count). The SMILES string of the molecule is CC(C)c1ccc2c(c1)NC(=O)C(C)(C)CO2. The maximum Gasteiger partial charge on any atom is 0.233 e. The Hall–Kier alpha value is -1.51. The van der Waals surface area contributed by atoms with Gasteiger partial charge < -0.3 is 10.1 Å². The Morgan fingerprint density at radius 3 is 2.71 bits per heavy atom. The molecule has 1 N–H and O–H groups in total. The molecule has 3 heteroatoms. The van der Waals surface area contributed by atoms with E-state index in [2.05, 4.69) is 19.2 Å². The van der Waals surface area contributed by atoms with Gasteiger partial charge in [-0.25, -0.2) is 0 Å². The summed E-state index contributed by atoms with van der Waals surface area (Å²) in [7, 11) is 0. The fourth-order valence-corrected chi connectivity index (χ4v) is 1.75. The molecular weight excluding hydrogens is 214 g/mol. The van der Waals surface area contributed by atoms with Crippen LogP contribution in [0.5, 0.6) is 5.75 Å². The number of amides is 1. The van der Waals surface area contributed by atoms with Gasteiger partial charge >= 0.3 is 0 Å². The van der Waals surface area contributed by atoms with Crippen molar-refractivity contribution in [2.75, 3.05) is 11.9 Å². The second-order valence-corrected chi connectivity index (χ2v) is 5.54. The molecule has 0 spiro atoms. The van der Waals surface area contributed by atoms with E-state index in [1.807, 2.05) is 32.0 Å². The summed E-state index contributed by atoms with van der Waals surface area (Å²) in [5.74, 6) is 1.21. The van der Waals surface area contributed by atoms with Gasteiger partial charge in [-0.1, -0.05) is 19.9 Å². The minimum Gasteiger partial charge on any atom is -0.490 e. The van der Waals surface area contributed by atoms with E-state index < -0.39 is 5.41 Å². The van der Waals surface area contributed by atoms with Gasteiger partial charge in [0.25, 0.3) is 0 Å². The lowest BCUT2D eigenvalue weighted by atomic mass is 9.94. The molecule has 1 aromatic carbocycles. The van der Waals surface area contributed by atoms with E-state index in [0.717, 1.165) is 11.4 Å². The summed E-state index contributed by atoms with van der Waals surface area (Å²) in [6.45, 7) is 8.44. The number of fused-ring (bicyclic) bond motifs is 1. The minimum atomic E-state index is -0.489. The maximum atomic E-state index is 12.0. The van der Waals surface area contributed by atoms with E-state index >= 15 is 0 Å². The molecule has 0 fully saturated rings. The van der Waals surface area contributed by atoms with Crippen LogP contribution in [-0.2, 0) is 4.79 Å². The van der Waals surface area contributed by atoms with E-state index in [4.69, 9.17) is 4.74 Å². The van der Waals surface area contributed by atoms with Crippen molar-refractivity contribution in [2.45, 2.75) is 33.6 Å². The maximum absolute atomic E-state index is 12.0. The van der Waals surface area contributed by atoms with E-state index in [1.54, 1.807) is 0 Å². The Morgan fingerprint density at radius 2 is 2.06 bits per heavy atom. The number of ether oxygens (including phenoxy) is 1. The standard InChI is InChI=1S/C14H19NO2/c1-9(2)10-5-6-12-11(7-10)15-13(16)14(3,4)8-17-12/h5-7,9H,8H2,1-4H3,(H,15,16). The van der Waals surface area contributed by atoms with Crippen LogP contribution < -0.4 is 10.1 Å². The topological polar surface area (TPSA) is 38.3 Å². The summed E-state index contributed by atoms with van der Waals surface area (Å²) in [6.07, 6.45) is 0. The number of nitrogens with one attached hydrogen (secondary N) is 1. The molecule has 1 aliphatic heterocycles. The molecule has 1 aliphatic rings. The van der Waals surface area contributed by atoms with Crippen LogP contribution in [0, 0.1) is 5.41 Å². The molecule has 0 atom stereocenters. The van der Waals surface area contributed by atoms with Crippen molar-refractivity contribution in [2.24, 2.45) is 5.41 Å². The van der Waals surface area contributed by atoms with Crippen molar-refractivity contribution >= 4 is 11.6 Å². The predicted octanol–water partition coefficient (Wildman–Crippen LogP) is 3.17. The number of carbonyl (C=O) groups excluding carboxylic acids is 1. The van der Waals surface area contributed by atoms with Gasteiger partial charge in [0.1, 0.15) is 12.4 Å². The Morgan fingerprint density at radius 1 is 1.35 bits per heavy atom. The van der Waals surface area contributed by atoms with Gasteiger partial charge in [-0.3, -0.25) is 4.79 Å². The molecule has 0 radical (unpaired) electrons. The highest BCUT2D eigenvalue weighted by Crippen LogP contribution is 2.34. The lowest BCUT2D eigenvalue weighted by Gasteiger charge is -2.18. The van der Waals surface area contributed by atoms with Crippen LogP contribution in [0.2, 0.25) is 0 Å². The van der Waals surface area contributed by atoms with E-state index in [9.17, 15) is 4.79 Å². The predicted molar refractivity (Wildman–Crippen MR) is 68.4 cm³/mol. The van der Waals surface area contributed by atoms with Gasteiger partial charge in [0, 0.05) is 0 Å². The zero-order valence-electron chi connectivity index (χ0n) is 10.8. The summed E-state index contributed by atoms with van der Waals surface area (Å²) in [6, 6.07) is 5.99. The second-order valence-electron chi connectivity index (χ2n) is 5.54. The fraction of sp³-hybridized carbons (Fsp3) is 0.500. The zero-order valence-corrected chi connectivity index (χ0v) is 10.8. The highest BCUT2D eigenvalue weighted by molar-refractivity contribution is 5.97. The van der Waals surface area contributed by atoms with E-state index in [-0.39, 0.29) is 5.91 Å². The molecule has 1 aromatic rings. The molecule has 0 unspecified atom stereocenters. The van der Waals surface area contributed by atoms with Crippen LogP contribution in [0.1, 0.15) is 39.2 Å². The summed E-state index contributed by atoms with van der Waals surface area (Å²) < 4.78 is 5.69. The van der Waals surface area contributed by atoms with Crippen molar-refractivity contribution in [3.63, 3.8) is 0 Å². The molecule has 0 bridgehead atoms. The summed E-state index contributed by atoms with van der Waals surface area (Å²) in [4.78, 5) is 12.0. The molecule has 1 amide bonds. The first kappa shape index (κ1) is 12.0. The van der Waals surface area contributed by atoms with Gasteiger partial charge in [0.2, 0.25) is 5.91 Å². The third kappa shape index (κ3) is 2.28. The van der Waals surface area contributed by atoms with Gasteiger partial charge in [0.05, 0.1) is 11.1 Å². The summed E-state index contributed by atoms with van der Waals surface area (Å²) >= 11 is 0. The number of hydrogen-bond acceptors (Lipinski definition) is 2. The van der Waals surface area contributed by atoms with Crippen LogP contribution in [0.4, 0.5) is 5.69 Å². The molecule has 0 saturated heterocycles. The Bertz CT molecular complexity index is 450. The van der Waals surface area contributed by atoms with Crippen LogP contribution in [0.25, 0.3) is 0 Å². The average molecular weight is 233 g/mol. The number of anilines is 1. The molecule has 92 valence electrons. The summed E-state index contributed by atoms with van der Waals surface area (Å²) in [5.41, 5.74) is 1.50. The zero-order chi connectivity index (χ0) is 12.6. The molecule has 0 aromatic heterocycles. The van der Waals surface area contributed by atoms with Crippen molar-refractivity contribution < 1.29 is 9.53 Å². The molecule has 17 heavy (non-hydrogen) atoms. The van der Waals surface area contributed by atoms with Crippen molar-refractivity contribution in [1.29, 1.82) is 0 Å². The Labute approximate surface area is 102 Å². The largest absolute Gasteiger partial charge is 0.490 e. The van der Waals surface area contributed by atoms with Crippen LogP contribution in [0.15, 0.2) is 18.2 Å². The van der Waals surface area contributed by atoms with Gasteiger partial charge in [-0.05, 0) is 37.5 Å². The smallest absolute Gasteiger partial charge is 0.233 e. The van der Waals surface area contributed by atoms with E-state index in [1.165, 1.54) is 5.56 Å². The van der Waals surface area contributed by atoms with Gasteiger partial charge in [-0.2, -0.15) is 0 Å². The highest BCUT2D eigenvalue weighted by atomic mass is 16.5. The van der Waals surface area contributed by atoms with Crippen LogP contribution in [-0.4, -0.2) is 12.5 Å². The Kier molecular flexibility index (Phi) is 2.86. The first-order chi connectivity index (χ1) is 7.90. The third-order valence-electron chi connectivity index (χ3n) is 3.12. The lowest BCUT2D eigenvalue weighted by molar-refractivity contribution is -0.124. The molecule has 3 nitrogen and oxygen atoms in total. The Balaban J connectivity index is 2.38. The normalized spacial score (nSPS) is 18.1. The summed E-state index contributed by atoms with van der Waals surface area (Å²) in [5, 5.41) is 2.94. The molecular formula is C14H19NO2. The van der Waals surface area contributed by atoms with Crippen molar-refractivity contribution in [3.05, 3.63) is 23.8 Å². The molecule has 1 heterocycles. The van der Waals surface area contributed by atoms with Gasteiger partial charge in [-0.15, -0.1) is 0 Å². The third-order valence-corrected chi connectivity index (χ3v) is 3.12. The molecule has 0 aliphatic carbocycles. The van der Waals surface area contributed by atoms with Crippen molar-refractivity contribution in [3.8, 4) is 5.75 Å². The monoisotopic (exact) mass is 233 g/mol. The number of hydrogen-bond donors (Lipinski definition) is 1. The van der Waals surface area contributed by atoms with Crippen molar-refractivity contribution in [1.82, 2.24) is 0 Å². The number of carbonyl (C=O) groups is 1. The lowest BCUT2D eigenvalue weighted by Crippen LogP contribution is -2.33. The molecule has 0 saturated carbocycles. The van der Waals surface area contributed by atoms with Gasteiger partial charge in [0.15, 0.2) is 0 Å². The van der Waals surface area contributed by atoms with Crippen LogP contribution in [0.3, 0.4) is 0 Å². The number of rotatable bonds is 1. The second kappa shape index (κ2) is 4.06. The minimum absolute atomic E-state index is 0.0113. The average Bonchev–Trinajstić information content (AvgIpc) is 2.36. The van der Waals surface area contributed by atoms with Crippen LogP contribution >= 0.6 is 0 Å². The fourth-order valence-electron chi connectivity index (χ4n) is 1.75. The first-order valence-corrected chi connectivity index (χ1v) is 5.98. The highest BCUT2D eigenvalue weighted by Gasteiger charge is 2.32. The first-order valence-electron chi connectivity index (χ1n) is 5.98.